The number of benzene rings is 2. The summed E-state index contributed by atoms with van der Waals surface area (Å²) in [4.78, 5) is 7.91. The second-order valence-corrected chi connectivity index (χ2v) is 11.0. The van der Waals surface area contributed by atoms with Gasteiger partial charge in [0.15, 0.2) is 0 Å². The van der Waals surface area contributed by atoms with Crippen LogP contribution in [-0.4, -0.2) is 61.2 Å². The minimum Gasteiger partial charge on any atom is -0.497 e. The maximum absolute atomic E-state index is 15.6. The lowest BCUT2D eigenvalue weighted by Gasteiger charge is -2.41. The lowest BCUT2D eigenvalue weighted by atomic mass is 9.74. The standard InChI is InChI=1S/C28H34ClFN2O3S/c1-34-20-7-8-24-21(17-20)27(22(29)18-31-24)23(30)9-10-28(19-33)11-13-32(14-12-28)15-16-36-26-6-4-3-5-25(26)35-2/h3-8,17-18,23,33H,9-16,19H2,1-2H3/t23-/m0/s1. The number of halogens is 2. The molecular weight excluding hydrogens is 499 g/mol. The van der Waals surface area contributed by atoms with E-state index in [9.17, 15) is 5.11 Å². The number of para-hydroxylation sites is 1. The Kier molecular flexibility index (Phi) is 9.34. The first kappa shape index (κ1) is 27.0. The Bertz CT molecular complexity index is 1160. The van der Waals surface area contributed by atoms with E-state index >= 15 is 4.39 Å². The molecule has 1 saturated heterocycles. The summed E-state index contributed by atoms with van der Waals surface area (Å²) in [6.07, 6.45) is 2.90. The molecule has 3 aromatic rings. The zero-order valence-electron chi connectivity index (χ0n) is 20.9. The molecule has 4 rings (SSSR count). The molecule has 0 unspecified atom stereocenters. The molecule has 8 heteroatoms. The molecule has 0 amide bonds. The molecule has 0 bridgehead atoms. The summed E-state index contributed by atoms with van der Waals surface area (Å²) in [6, 6.07) is 13.5. The van der Waals surface area contributed by atoms with Gasteiger partial charge in [0.2, 0.25) is 0 Å². The molecule has 0 radical (unpaired) electrons. The van der Waals surface area contributed by atoms with E-state index in [1.165, 1.54) is 6.20 Å². The Morgan fingerprint density at radius 1 is 1.17 bits per heavy atom. The van der Waals surface area contributed by atoms with E-state index in [4.69, 9.17) is 21.1 Å². The minimum absolute atomic E-state index is 0.0716. The van der Waals surface area contributed by atoms with Crippen molar-refractivity contribution in [2.45, 2.75) is 36.8 Å². The third-order valence-corrected chi connectivity index (χ3v) is 8.63. The van der Waals surface area contributed by atoms with Crippen LogP contribution < -0.4 is 9.47 Å². The number of alkyl halides is 1. The Morgan fingerprint density at radius 3 is 2.67 bits per heavy atom. The number of hydrogen-bond acceptors (Lipinski definition) is 6. The van der Waals surface area contributed by atoms with Gasteiger partial charge in [0.1, 0.15) is 17.7 Å². The summed E-state index contributed by atoms with van der Waals surface area (Å²) in [5, 5.41) is 11.3. The molecule has 2 heterocycles. The van der Waals surface area contributed by atoms with Gasteiger partial charge in [0, 0.05) is 40.9 Å². The molecule has 1 fully saturated rings. The van der Waals surface area contributed by atoms with Crippen molar-refractivity contribution in [1.82, 2.24) is 9.88 Å². The highest BCUT2D eigenvalue weighted by molar-refractivity contribution is 7.99. The Labute approximate surface area is 222 Å². The molecule has 2 aromatic carbocycles. The highest BCUT2D eigenvalue weighted by atomic mass is 35.5. The van der Waals surface area contributed by atoms with E-state index in [0.717, 1.165) is 48.9 Å². The number of piperidine rings is 1. The molecule has 1 atom stereocenters. The Balaban J connectivity index is 1.33. The van der Waals surface area contributed by atoms with Gasteiger partial charge in [-0.15, -0.1) is 11.8 Å². The largest absolute Gasteiger partial charge is 0.497 e. The van der Waals surface area contributed by atoms with Crippen LogP contribution in [0.4, 0.5) is 4.39 Å². The van der Waals surface area contributed by atoms with Crippen molar-refractivity contribution in [2.75, 3.05) is 46.2 Å². The van der Waals surface area contributed by atoms with Crippen molar-refractivity contribution in [2.24, 2.45) is 5.41 Å². The molecule has 5 nitrogen and oxygen atoms in total. The predicted molar refractivity (Wildman–Crippen MR) is 145 cm³/mol. The molecular formula is C28H34ClFN2O3S. The van der Waals surface area contributed by atoms with Gasteiger partial charge in [-0.3, -0.25) is 4.98 Å². The van der Waals surface area contributed by atoms with Crippen molar-refractivity contribution in [3.8, 4) is 11.5 Å². The van der Waals surface area contributed by atoms with Crippen LogP contribution in [0, 0.1) is 5.41 Å². The SMILES string of the molecule is COc1ccc2ncc(Cl)c([C@@H](F)CCC3(CO)CCN(CCSc4ccccc4OC)CC3)c2c1. The topological polar surface area (TPSA) is 54.8 Å². The van der Waals surface area contributed by atoms with Crippen LogP contribution in [0.5, 0.6) is 11.5 Å². The number of hydrogen-bond donors (Lipinski definition) is 1. The van der Waals surface area contributed by atoms with Crippen LogP contribution in [0.2, 0.25) is 5.02 Å². The summed E-state index contributed by atoms with van der Waals surface area (Å²) in [6.45, 7) is 2.85. The van der Waals surface area contributed by atoms with Crippen LogP contribution in [0.15, 0.2) is 53.6 Å². The number of fused-ring (bicyclic) bond motifs is 1. The first-order valence-electron chi connectivity index (χ1n) is 12.3. The summed E-state index contributed by atoms with van der Waals surface area (Å²) in [7, 11) is 3.28. The fraction of sp³-hybridized carbons (Fsp3) is 0.464. The molecule has 1 N–H and O–H groups in total. The van der Waals surface area contributed by atoms with E-state index in [1.807, 2.05) is 30.3 Å². The highest BCUT2D eigenvalue weighted by Gasteiger charge is 2.35. The lowest BCUT2D eigenvalue weighted by molar-refractivity contribution is 0.0323. The second kappa shape index (κ2) is 12.5. The number of ether oxygens (including phenoxy) is 2. The molecule has 36 heavy (non-hydrogen) atoms. The normalized spacial score (nSPS) is 16.7. The number of aromatic nitrogens is 1. The number of thioether (sulfide) groups is 1. The molecule has 0 aliphatic carbocycles. The van der Waals surface area contributed by atoms with Crippen molar-refractivity contribution >= 4 is 34.3 Å². The third-order valence-electron chi connectivity index (χ3n) is 7.30. The fourth-order valence-electron chi connectivity index (χ4n) is 4.95. The number of aliphatic hydroxyl groups is 1. The van der Waals surface area contributed by atoms with Gasteiger partial charge >= 0.3 is 0 Å². The number of nitrogens with zero attached hydrogens (tertiary/aromatic N) is 2. The first-order chi connectivity index (χ1) is 17.5. The van der Waals surface area contributed by atoms with Crippen LogP contribution in [0.3, 0.4) is 0 Å². The quantitative estimate of drug-likeness (QED) is 0.282. The maximum atomic E-state index is 15.6. The maximum Gasteiger partial charge on any atom is 0.132 e. The summed E-state index contributed by atoms with van der Waals surface area (Å²) >= 11 is 8.20. The molecule has 1 aliphatic rings. The zero-order chi connectivity index (χ0) is 25.5. The number of likely N-dealkylation sites (tertiary alicyclic amines) is 1. The predicted octanol–water partition coefficient (Wildman–Crippen LogP) is 6.56. The van der Waals surface area contributed by atoms with Gasteiger partial charge in [0.05, 0.1) is 24.8 Å². The average molecular weight is 533 g/mol. The van der Waals surface area contributed by atoms with Crippen molar-refractivity contribution in [1.29, 1.82) is 0 Å². The van der Waals surface area contributed by atoms with Gasteiger partial charge in [-0.05, 0) is 74.5 Å². The van der Waals surface area contributed by atoms with Crippen LogP contribution in [0.1, 0.15) is 37.4 Å². The van der Waals surface area contributed by atoms with Gasteiger partial charge in [-0.2, -0.15) is 0 Å². The highest BCUT2D eigenvalue weighted by Crippen LogP contribution is 2.42. The lowest BCUT2D eigenvalue weighted by Crippen LogP contribution is -2.42. The van der Waals surface area contributed by atoms with Crippen LogP contribution in [-0.2, 0) is 0 Å². The Hall–Kier alpha value is -2.06. The zero-order valence-corrected chi connectivity index (χ0v) is 22.5. The molecule has 1 aromatic heterocycles. The minimum atomic E-state index is -1.24. The average Bonchev–Trinajstić information content (AvgIpc) is 2.92. The molecule has 194 valence electrons. The van der Waals surface area contributed by atoms with E-state index in [-0.39, 0.29) is 12.0 Å². The number of rotatable bonds is 11. The van der Waals surface area contributed by atoms with E-state index < -0.39 is 6.17 Å². The van der Waals surface area contributed by atoms with E-state index in [0.29, 0.717) is 40.1 Å². The van der Waals surface area contributed by atoms with Crippen molar-refractivity contribution < 1.29 is 19.0 Å². The van der Waals surface area contributed by atoms with Crippen LogP contribution in [0.25, 0.3) is 10.9 Å². The molecule has 0 saturated carbocycles. The molecule has 0 spiro atoms. The van der Waals surface area contributed by atoms with Gasteiger partial charge in [-0.25, -0.2) is 4.39 Å². The first-order valence-corrected chi connectivity index (χ1v) is 13.7. The molecule has 1 aliphatic heterocycles. The van der Waals surface area contributed by atoms with Crippen molar-refractivity contribution in [3.05, 3.63) is 59.2 Å². The third kappa shape index (κ3) is 6.25. The van der Waals surface area contributed by atoms with Crippen LogP contribution >= 0.6 is 23.4 Å². The monoisotopic (exact) mass is 532 g/mol. The number of pyridine rings is 1. The number of methoxy groups -OCH3 is 2. The van der Waals surface area contributed by atoms with Gasteiger partial charge < -0.3 is 19.5 Å². The van der Waals surface area contributed by atoms with E-state index in [1.54, 1.807) is 32.0 Å². The number of aliphatic hydroxyl groups excluding tert-OH is 1. The summed E-state index contributed by atoms with van der Waals surface area (Å²) in [5.74, 6) is 2.51. The summed E-state index contributed by atoms with van der Waals surface area (Å²) < 4.78 is 26.4. The van der Waals surface area contributed by atoms with Crippen molar-refractivity contribution in [3.63, 3.8) is 0 Å². The smallest absolute Gasteiger partial charge is 0.132 e. The summed E-state index contributed by atoms with van der Waals surface area (Å²) in [5.41, 5.74) is 0.886. The second-order valence-electron chi connectivity index (χ2n) is 9.41. The fourth-order valence-corrected chi connectivity index (χ4v) is 6.26. The van der Waals surface area contributed by atoms with Gasteiger partial charge in [-0.1, -0.05) is 23.7 Å². The van der Waals surface area contributed by atoms with Gasteiger partial charge in [0.25, 0.3) is 0 Å². The Morgan fingerprint density at radius 2 is 1.94 bits per heavy atom. The van der Waals surface area contributed by atoms with E-state index in [2.05, 4.69) is 16.0 Å².